The highest BCUT2D eigenvalue weighted by Gasteiger charge is 2.31. The number of benzene rings is 2. The maximum atomic E-state index is 13.3. The third kappa shape index (κ3) is 5.06. The van der Waals surface area contributed by atoms with Gasteiger partial charge in [0.05, 0.1) is 13.1 Å². The fourth-order valence-corrected chi connectivity index (χ4v) is 3.75. The van der Waals surface area contributed by atoms with Crippen molar-refractivity contribution in [2.45, 2.75) is 0 Å². The predicted molar refractivity (Wildman–Crippen MR) is 115 cm³/mol. The normalized spacial score (nSPS) is 19.9. The van der Waals surface area contributed by atoms with Crippen LogP contribution in [0.3, 0.4) is 0 Å². The molecule has 2 heterocycles. The highest BCUT2D eigenvalue weighted by molar-refractivity contribution is 6.15. The summed E-state index contributed by atoms with van der Waals surface area (Å²) >= 11 is 0. The molecule has 0 spiro atoms. The minimum atomic E-state index is -0.357. The minimum Gasteiger partial charge on any atom is -0.322 e. The first-order chi connectivity index (χ1) is 15.0. The first kappa shape index (κ1) is 20.9. The average Bonchev–Trinajstić information content (AvgIpc) is 2.79. The average molecular weight is 423 g/mol. The Morgan fingerprint density at radius 2 is 1.23 bits per heavy atom. The molecule has 7 heteroatoms. The molecule has 0 saturated carbocycles. The number of piperazine rings is 1. The molecular weight excluding hydrogens is 400 g/mol. The van der Waals surface area contributed by atoms with E-state index in [1.165, 1.54) is 24.3 Å². The molecule has 1 N–H and O–H groups in total. The summed E-state index contributed by atoms with van der Waals surface area (Å²) in [6, 6.07) is 11.6. The van der Waals surface area contributed by atoms with Gasteiger partial charge in [-0.1, -0.05) is 24.3 Å². The van der Waals surface area contributed by atoms with E-state index in [1.807, 2.05) is 0 Å². The van der Waals surface area contributed by atoms with Crippen LogP contribution in [0.25, 0.3) is 12.2 Å². The number of urea groups is 1. The maximum absolute atomic E-state index is 13.3. The van der Waals surface area contributed by atoms with Crippen LogP contribution in [0.5, 0.6) is 0 Å². The van der Waals surface area contributed by atoms with Gasteiger partial charge in [0.1, 0.15) is 11.6 Å². The Bertz CT molecular complexity index is 956. The van der Waals surface area contributed by atoms with Gasteiger partial charge < -0.3 is 15.1 Å². The van der Waals surface area contributed by atoms with Crippen LogP contribution in [0.15, 0.2) is 59.7 Å². The van der Waals surface area contributed by atoms with Gasteiger partial charge in [-0.3, -0.25) is 4.79 Å². The molecular formula is C24H23F2N3O2. The Hall–Kier alpha value is -3.32. The first-order valence-electron chi connectivity index (χ1n) is 10.2. The Kier molecular flexibility index (Phi) is 6.23. The van der Waals surface area contributed by atoms with E-state index in [0.29, 0.717) is 35.4 Å². The lowest BCUT2D eigenvalue weighted by atomic mass is 9.94. The lowest BCUT2D eigenvalue weighted by Gasteiger charge is -2.36. The topological polar surface area (TPSA) is 52.7 Å². The number of carbonyl (C=O) groups is 2. The van der Waals surface area contributed by atoms with Crippen LogP contribution in [0.1, 0.15) is 11.1 Å². The number of hydrogen-bond acceptors (Lipinski definition) is 3. The second-order valence-corrected chi connectivity index (χ2v) is 7.65. The summed E-state index contributed by atoms with van der Waals surface area (Å²) in [6.07, 6.45) is 3.38. The van der Waals surface area contributed by atoms with Gasteiger partial charge in [0.25, 0.3) is 0 Å². The Balaban J connectivity index is 1.66. The zero-order valence-electron chi connectivity index (χ0n) is 17.0. The monoisotopic (exact) mass is 423 g/mol. The number of halogens is 2. The Morgan fingerprint density at radius 1 is 0.774 bits per heavy atom. The van der Waals surface area contributed by atoms with E-state index in [2.05, 4.69) is 5.32 Å². The molecule has 2 aliphatic rings. The molecule has 4 rings (SSSR count). The number of rotatable bonds is 2. The summed E-state index contributed by atoms with van der Waals surface area (Å²) in [4.78, 5) is 29.7. The van der Waals surface area contributed by atoms with Crippen molar-refractivity contribution in [3.8, 4) is 0 Å². The number of piperidine rings is 1. The fourth-order valence-electron chi connectivity index (χ4n) is 3.75. The molecule has 2 aromatic rings. The molecule has 0 radical (unpaired) electrons. The first-order valence-corrected chi connectivity index (χ1v) is 10.2. The van der Waals surface area contributed by atoms with Gasteiger partial charge in [0, 0.05) is 37.3 Å². The van der Waals surface area contributed by atoms with Crippen molar-refractivity contribution in [2.75, 3.05) is 39.3 Å². The van der Waals surface area contributed by atoms with E-state index in [0.717, 1.165) is 13.1 Å². The molecule has 160 valence electrons. The molecule has 0 aromatic heterocycles. The molecule has 2 fully saturated rings. The van der Waals surface area contributed by atoms with Crippen molar-refractivity contribution >= 4 is 24.0 Å². The largest absolute Gasteiger partial charge is 0.322 e. The quantitative estimate of drug-likeness (QED) is 0.754. The molecule has 0 atom stereocenters. The van der Waals surface area contributed by atoms with Crippen LogP contribution in [0.4, 0.5) is 13.6 Å². The summed E-state index contributed by atoms with van der Waals surface area (Å²) in [7, 11) is 0. The number of ketones is 1. The van der Waals surface area contributed by atoms with Gasteiger partial charge in [-0.15, -0.1) is 0 Å². The second kappa shape index (κ2) is 9.22. The molecule has 2 aliphatic heterocycles. The molecule has 2 amide bonds. The van der Waals surface area contributed by atoms with Crippen LogP contribution < -0.4 is 5.32 Å². The van der Waals surface area contributed by atoms with Crippen molar-refractivity contribution in [2.24, 2.45) is 0 Å². The summed E-state index contributed by atoms with van der Waals surface area (Å²) in [6.45, 7) is 3.04. The van der Waals surface area contributed by atoms with Crippen LogP contribution >= 0.6 is 0 Å². The SMILES string of the molecule is O=C1/C(=C/c2ccc(F)cc2)CN(C(=O)N2CCNCC2)C/C1=C\c1ccc(F)cc1. The number of nitrogens with zero attached hydrogens (tertiary/aromatic N) is 2. The second-order valence-electron chi connectivity index (χ2n) is 7.65. The number of likely N-dealkylation sites (tertiary alicyclic amines) is 1. The number of nitrogens with one attached hydrogen (secondary N) is 1. The van der Waals surface area contributed by atoms with E-state index in [1.54, 1.807) is 46.2 Å². The van der Waals surface area contributed by atoms with Crippen LogP contribution in [-0.4, -0.2) is 60.9 Å². The van der Waals surface area contributed by atoms with Gasteiger partial charge in [-0.05, 0) is 47.5 Å². The van der Waals surface area contributed by atoms with Crippen LogP contribution in [-0.2, 0) is 4.79 Å². The van der Waals surface area contributed by atoms with Gasteiger partial charge in [-0.2, -0.15) is 0 Å². The molecule has 0 aliphatic carbocycles. The molecule has 2 aromatic carbocycles. The van der Waals surface area contributed by atoms with E-state index in [9.17, 15) is 18.4 Å². The summed E-state index contributed by atoms with van der Waals surface area (Å²) in [5.74, 6) is -0.882. The number of carbonyl (C=O) groups excluding carboxylic acids is 2. The third-order valence-electron chi connectivity index (χ3n) is 5.39. The zero-order valence-corrected chi connectivity index (χ0v) is 17.0. The van der Waals surface area contributed by atoms with Crippen molar-refractivity contribution in [3.63, 3.8) is 0 Å². The number of Topliss-reactive ketones (excluding diaryl/α,β-unsaturated/α-hetero) is 1. The van der Waals surface area contributed by atoms with E-state index >= 15 is 0 Å². The van der Waals surface area contributed by atoms with E-state index < -0.39 is 0 Å². The van der Waals surface area contributed by atoms with Crippen LogP contribution in [0.2, 0.25) is 0 Å². The predicted octanol–water partition coefficient (Wildman–Crippen LogP) is 3.34. The summed E-state index contributed by atoms with van der Waals surface area (Å²) in [5.41, 5.74) is 2.27. The highest BCUT2D eigenvalue weighted by Crippen LogP contribution is 2.23. The Labute approximate surface area is 179 Å². The standard InChI is InChI=1S/C24H23F2N3O2/c25-21-5-1-17(2-6-21)13-19-15-29(24(31)28-11-9-27-10-12-28)16-20(23(19)30)14-18-3-7-22(26)8-4-18/h1-8,13-14,27H,9-12,15-16H2/b19-13+,20-14+. The molecule has 0 bridgehead atoms. The molecule has 0 unspecified atom stereocenters. The number of hydrogen-bond donors (Lipinski definition) is 1. The van der Waals surface area contributed by atoms with Crippen molar-refractivity contribution in [3.05, 3.63) is 82.4 Å². The number of amides is 2. The van der Waals surface area contributed by atoms with Crippen molar-refractivity contribution < 1.29 is 18.4 Å². The van der Waals surface area contributed by atoms with Gasteiger partial charge in [0.15, 0.2) is 5.78 Å². The third-order valence-corrected chi connectivity index (χ3v) is 5.39. The molecule has 5 nitrogen and oxygen atoms in total. The van der Waals surface area contributed by atoms with Gasteiger partial charge >= 0.3 is 6.03 Å². The molecule has 2 saturated heterocycles. The summed E-state index contributed by atoms with van der Waals surface area (Å²) in [5, 5.41) is 3.22. The smallest absolute Gasteiger partial charge is 0.320 e. The minimum absolute atomic E-state index is 0.121. The molecule has 31 heavy (non-hydrogen) atoms. The lowest BCUT2D eigenvalue weighted by Crippen LogP contribution is -2.53. The fraction of sp³-hybridized carbons (Fsp3) is 0.250. The Morgan fingerprint density at radius 3 is 1.68 bits per heavy atom. The summed E-state index contributed by atoms with van der Waals surface area (Å²) < 4.78 is 26.5. The van der Waals surface area contributed by atoms with E-state index in [4.69, 9.17) is 0 Å². The maximum Gasteiger partial charge on any atom is 0.320 e. The van der Waals surface area contributed by atoms with Gasteiger partial charge in [-0.25, -0.2) is 13.6 Å². The van der Waals surface area contributed by atoms with Crippen LogP contribution in [0, 0.1) is 11.6 Å². The lowest BCUT2D eigenvalue weighted by molar-refractivity contribution is -0.113. The van der Waals surface area contributed by atoms with Crippen molar-refractivity contribution in [1.29, 1.82) is 0 Å². The van der Waals surface area contributed by atoms with E-state index in [-0.39, 0.29) is 36.5 Å². The van der Waals surface area contributed by atoms with Crippen molar-refractivity contribution in [1.82, 2.24) is 15.1 Å². The zero-order chi connectivity index (χ0) is 21.8. The van der Waals surface area contributed by atoms with Gasteiger partial charge in [0.2, 0.25) is 0 Å². The highest BCUT2D eigenvalue weighted by atomic mass is 19.1.